The average molecular weight is 404 g/mol. The average Bonchev–Trinajstić information content (AvgIpc) is 2.98. The molecule has 1 heterocycles. The summed E-state index contributed by atoms with van der Waals surface area (Å²) >= 11 is 3.79. The summed E-state index contributed by atoms with van der Waals surface area (Å²) in [5, 5.41) is 10.0. The summed E-state index contributed by atoms with van der Waals surface area (Å²) in [6.07, 6.45) is 0. The second-order valence-electron chi connectivity index (χ2n) is 6.08. The molecule has 1 aliphatic rings. The van der Waals surface area contributed by atoms with Gasteiger partial charge < -0.3 is 4.90 Å². The minimum atomic E-state index is 0. The molecule has 0 unspecified atom stereocenters. The van der Waals surface area contributed by atoms with Crippen molar-refractivity contribution in [3.05, 3.63) is 65.2 Å². The molecule has 0 aromatic heterocycles. The van der Waals surface area contributed by atoms with Gasteiger partial charge in [-0.2, -0.15) is 17.0 Å². The Morgan fingerprint density at radius 2 is 2.04 bits per heavy atom. The highest BCUT2D eigenvalue weighted by atomic mass is 35.5. The Kier molecular flexibility index (Phi) is 7.89. The van der Waals surface area contributed by atoms with Gasteiger partial charge in [0.25, 0.3) is 0 Å². The van der Waals surface area contributed by atoms with Crippen LogP contribution in [-0.4, -0.2) is 34.7 Å². The monoisotopic (exact) mass is 403 g/mol. The normalized spacial score (nSPS) is 17.8. The molecule has 0 bridgehead atoms. The first-order valence-corrected chi connectivity index (χ1v) is 10.4. The number of rotatable bonds is 5. The van der Waals surface area contributed by atoms with E-state index < -0.39 is 0 Å². The summed E-state index contributed by atoms with van der Waals surface area (Å²) in [5.74, 6) is 3.23. The van der Waals surface area contributed by atoms with E-state index in [0.717, 1.165) is 33.7 Å². The maximum absolute atomic E-state index is 8.98. The van der Waals surface area contributed by atoms with E-state index in [0.29, 0.717) is 11.6 Å². The predicted molar refractivity (Wildman–Crippen MR) is 117 cm³/mol. The first-order chi connectivity index (χ1) is 12.2. The number of amidine groups is 1. The summed E-state index contributed by atoms with van der Waals surface area (Å²) < 4.78 is 0. The van der Waals surface area contributed by atoms with Crippen LogP contribution in [0.1, 0.15) is 16.7 Å². The van der Waals surface area contributed by atoms with Crippen LogP contribution in [0.4, 0.5) is 5.69 Å². The molecule has 136 valence electrons. The summed E-state index contributed by atoms with van der Waals surface area (Å²) in [4.78, 5) is 7.11. The molecular formula is C20H22ClN3S2. The van der Waals surface area contributed by atoms with Crippen molar-refractivity contribution in [2.75, 3.05) is 18.6 Å². The van der Waals surface area contributed by atoms with Gasteiger partial charge in [0, 0.05) is 30.3 Å². The molecule has 2 aromatic carbocycles. The zero-order chi connectivity index (χ0) is 17.6. The van der Waals surface area contributed by atoms with Crippen LogP contribution < -0.4 is 0 Å². The molecule has 0 spiro atoms. The van der Waals surface area contributed by atoms with E-state index in [2.05, 4.69) is 48.3 Å². The fourth-order valence-corrected chi connectivity index (χ4v) is 5.16. The van der Waals surface area contributed by atoms with Crippen molar-refractivity contribution in [3.8, 4) is 6.07 Å². The van der Waals surface area contributed by atoms with E-state index in [1.165, 1.54) is 5.56 Å². The molecule has 0 saturated carbocycles. The first-order valence-electron chi connectivity index (χ1n) is 8.24. The SMILES string of the molecule is Cc1cc(C#N)ccc1N=C1SC[C@H](CSCc2ccccc2)N1C.Cl. The van der Waals surface area contributed by atoms with Crippen molar-refractivity contribution in [2.24, 2.45) is 4.99 Å². The summed E-state index contributed by atoms with van der Waals surface area (Å²) in [7, 11) is 2.13. The van der Waals surface area contributed by atoms with Gasteiger partial charge >= 0.3 is 0 Å². The largest absolute Gasteiger partial charge is 0.350 e. The van der Waals surface area contributed by atoms with E-state index in [-0.39, 0.29) is 12.4 Å². The van der Waals surface area contributed by atoms with Gasteiger partial charge in [0.2, 0.25) is 0 Å². The number of hydrogen-bond acceptors (Lipinski definition) is 4. The van der Waals surface area contributed by atoms with E-state index >= 15 is 0 Å². The van der Waals surface area contributed by atoms with Crippen LogP contribution in [0.3, 0.4) is 0 Å². The van der Waals surface area contributed by atoms with Gasteiger partial charge in [-0.05, 0) is 36.2 Å². The fraction of sp³-hybridized carbons (Fsp3) is 0.300. The maximum atomic E-state index is 8.98. The van der Waals surface area contributed by atoms with Crippen LogP contribution in [0.2, 0.25) is 0 Å². The highest BCUT2D eigenvalue weighted by Crippen LogP contribution is 2.29. The van der Waals surface area contributed by atoms with Crippen molar-refractivity contribution in [1.29, 1.82) is 5.26 Å². The molecule has 0 N–H and O–H groups in total. The van der Waals surface area contributed by atoms with Crippen molar-refractivity contribution >= 4 is 46.8 Å². The van der Waals surface area contributed by atoms with E-state index in [1.54, 1.807) is 0 Å². The Labute approximate surface area is 170 Å². The number of nitrogens with zero attached hydrogens (tertiary/aromatic N) is 3. The van der Waals surface area contributed by atoms with Gasteiger partial charge in [-0.3, -0.25) is 0 Å². The van der Waals surface area contributed by atoms with Crippen molar-refractivity contribution in [2.45, 2.75) is 18.7 Å². The predicted octanol–water partition coefficient (Wildman–Crippen LogP) is 5.26. The quantitative estimate of drug-likeness (QED) is 0.682. The molecule has 3 rings (SSSR count). The third kappa shape index (κ3) is 5.20. The van der Waals surface area contributed by atoms with Crippen LogP contribution in [0.15, 0.2) is 53.5 Å². The number of aryl methyl sites for hydroxylation is 1. The third-order valence-corrected chi connectivity index (χ3v) is 6.56. The van der Waals surface area contributed by atoms with Crippen LogP contribution in [0, 0.1) is 18.3 Å². The van der Waals surface area contributed by atoms with Crippen molar-refractivity contribution in [3.63, 3.8) is 0 Å². The summed E-state index contributed by atoms with van der Waals surface area (Å²) in [6, 6.07) is 19.0. The molecular weight excluding hydrogens is 382 g/mol. The Balaban J connectivity index is 0.00000243. The molecule has 0 aliphatic carbocycles. The van der Waals surface area contributed by atoms with Gasteiger partial charge in [0.15, 0.2) is 5.17 Å². The topological polar surface area (TPSA) is 39.4 Å². The fourth-order valence-electron chi connectivity index (χ4n) is 2.65. The van der Waals surface area contributed by atoms with Crippen LogP contribution in [0.25, 0.3) is 0 Å². The molecule has 1 aliphatic heterocycles. The van der Waals surface area contributed by atoms with Gasteiger partial charge in [-0.15, -0.1) is 12.4 Å². The number of thioether (sulfide) groups is 2. The lowest BCUT2D eigenvalue weighted by Gasteiger charge is -2.20. The van der Waals surface area contributed by atoms with Gasteiger partial charge in [0.05, 0.1) is 17.3 Å². The number of nitriles is 1. The molecule has 3 nitrogen and oxygen atoms in total. The third-order valence-electron chi connectivity index (χ3n) is 4.22. The van der Waals surface area contributed by atoms with E-state index in [4.69, 9.17) is 10.3 Å². The molecule has 0 radical (unpaired) electrons. The number of halogens is 1. The lowest BCUT2D eigenvalue weighted by atomic mass is 10.1. The zero-order valence-electron chi connectivity index (χ0n) is 14.9. The molecule has 0 amide bonds. The lowest BCUT2D eigenvalue weighted by Crippen LogP contribution is -2.31. The van der Waals surface area contributed by atoms with Crippen LogP contribution in [0.5, 0.6) is 0 Å². The second kappa shape index (κ2) is 9.91. The summed E-state index contributed by atoms with van der Waals surface area (Å²) in [6.45, 7) is 2.01. The van der Waals surface area contributed by atoms with Gasteiger partial charge in [-0.25, -0.2) is 4.99 Å². The Bertz CT molecular complexity index is 802. The molecule has 26 heavy (non-hydrogen) atoms. The molecule has 1 saturated heterocycles. The lowest BCUT2D eigenvalue weighted by molar-refractivity contribution is 0.448. The Hall–Kier alpha value is -1.61. The number of benzene rings is 2. The molecule has 2 aromatic rings. The van der Waals surface area contributed by atoms with E-state index in [9.17, 15) is 0 Å². The van der Waals surface area contributed by atoms with E-state index in [1.807, 2.05) is 48.6 Å². The standard InChI is InChI=1S/C20H21N3S2.ClH/c1-15-10-17(11-21)8-9-19(15)22-20-23(2)18(14-25-20)13-24-12-16-6-4-3-5-7-16;/h3-10,18H,12-14H2,1-2H3;1H/t18-;/m0./s1. The highest BCUT2D eigenvalue weighted by molar-refractivity contribution is 8.14. The number of hydrogen-bond donors (Lipinski definition) is 0. The molecule has 6 heteroatoms. The summed E-state index contributed by atoms with van der Waals surface area (Å²) in [5.41, 5.74) is 4.06. The Morgan fingerprint density at radius 3 is 2.73 bits per heavy atom. The second-order valence-corrected chi connectivity index (χ2v) is 8.10. The smallest absolute Gasteiger partial charge is 0.164 e. The van der Waals surface area contributed by atoms with Gasteiger partial charge in [-0.1, -0.05) is 42.1 Å². The first kappa shape index (κ1) is 20.7. The number of aliphatic imine (C=N–C) groups is 1. The highest BCUT2D eigenvalue weighted by Gasteiger charge is 2.27. The maximum Gasteiger partial charge on any atom is 0.164 e. The minimum absolute atomic E-state index is 0. The van der Waals surface area contributed by atoms with Gasteiger partial charge in [0.1, 0.15) is 0 Å². The molecule has 1 fully saturated rings. The van der Waals surface area contributed by atoms with Crippen LogP contribution >= 0.6 is 35.9 Å². The Morgan fingerprint density at radius 1 is 1.27 bits per heavy atom. The van der Waals surface area contributed by atoms with Crippen molar-refractivity contribution in [1.82, 2.24) is 4.90 Å². The zero-order valence-corrected chi connectivity index (χ0v) is 17.3. The minimum Gasteiger partial charge on any atom is -0.350 e. The van der Waals surface area contributed by atoms with Crippen LogP contribution in [-0.2, 0) is 5.75 Å². The van der Waals surface area contributed by atoms with Crippen molar-refractivity contribution < 1.29 is 0 Å². The molecule has 1 atom stereocenters.